The predicted octanol–water partition coefficient (Wildman–Crippen LogP) is 3.78. The summed E-state index contributed by atoms with van der Waals surface area (Å²) in [5, 5.41) is 0.347. The first-order chi connectivity index (χ1) is 10.9. The van der Waals surface area contributed by atoms with E-state index in [2.05, 4.69) is 9.71 Å². The second-order valence-electron chi connectivity index (χ2n) is 4.63. The third-order valence-electron chi connectivity index (χ3n) is 2.67. The largest absolute Gasteiger partial charge is 0.455 e. The van der Waals surface area contributed by atoms with Crippen molar-refractivity contribution in [3.8, 4) is 11.5 Å². The number of anilines is 1. The lowest BCUT2D eigenvalue weighted by molar-refractivity contribution is 0.484. The Morgan fingerprint density at radius 2 is 1.88 bits per heavy atom. The van der Waals surface area contributed by atoms with E-state index in [1.54, 1.807) is 24.5 Å². The monoisotopic (exact) mass is 479 g/mol. The van der Waals surface area contributed by atoms with Gasteiger partial charge in [-0.05, 0) is 36.6 Å². The first-order valence-electron chi connectivity index (χ1n) is 6.60. The Labute approximate surface area is 163 Å². The number of rotatable bonds is 5. The number of nitrogens with two attached hydrogens (primary N) is 1. The molecule has 0 bridgehead atoms. The number of hydrogen-bond acceptors (Lipinski definition) is 5. The fourth-order valence-corrected chi connectivity index (χ4v) is 2.49. The molecule has 0 saturated heterocycles. The summed E-state index contributed by atoms with van der Waals surface area (Å²) in [4.78, 5) is 4.26. The third-order valence-corrected chi connectivity index (χ3v) is 3.79. The summed E-state index contributed by atoms with van der Waals surface area (Å²) in [6.45, 7) is 0. The maximum atomic E-state index is 11.4. The van der Waals surface area contributed by atoms with E-state index < -0.39 is 10.0 Å². The highest BCUT2D eigenvalue weighted by Crippen LogP contribution is 2.34. The van der Waals surface area contributed by atoms with Gasteiger partial charge in [0.1, 0.15) is 11.4 Å². The number of halogens is 1. The third kappa shape index (κ3) is 6.57. The van der Waals surface area contributed by atoms with Crippen molar-refractivity contribution in [2.75, 3.05) is 17.2 Å². The van der Waals surface area contributed by atoms with Gasteiger partial charge in [-0.1, -0.05) is 30.0 Å². The van der Waals surface area contributed by atoms with Crippen LogP contribution in [0, 0.1) is 0 Å². The Morgan fingerprint density at radius 1 is 1.21 bits per heavy atom. The van der Waals surface area contributed by atoms with E-state index in [4.69, 9.17) is 10.5 Å². The van der Waals surface area contributed by atoms with Gasteiger partial charge in [0.2, 0.25) is 10.0 Å². The molecule has 0 aliphatic heterocycles. The Balaban J connectivity index is 0.00000288. The number of nitrogens with zero attached hydrogens (tertiary/aromatic N) is 1. The van der Waals surface area contributed by atoms with E-state index in [0.717, 1.165) is 6.26 Å². The molecule has 0 atom stereocenters. The quantitative estimate of drug-likeness (QED) is 0.387. The molecule has 0 fully saturated rings. The summed E-state index contributed by atoms with van der Waals surface area (Å²) >= 11 is 1.29. The molecule has 2 aromatic carbocycles. The molecule has 3 N–H and O–H groups in total. The molecule has 6 nitrogen and oxygen atoms in total. The van der Waals surface area contributed by atoms with Gasteiger partial charge in [0, 0.05) is 0 Å². The summed E-state index contributed by atoms with van der Waals surface area (Å²) in [5.41, 5.74) is 6.59. The van der Waals surface area contributed by atoms with Gasteiger partial charge in [-0.15, -0.1) is 24.0 Å². The molecule has 0 radical (unpaired) electrons. The van der Waals surface area contributed by atoms with E-state index in [-0.39, 0.29) is 24.0 Å². The summed E-state index contributed by atoms with van der Waals surface area (Å²) < 4.78 is 30.9. The highest BCUT2D eigenvalue weighted by atomic mass is 127. The number of sulfonamides is 1. The Morgan fingerprint density at radius 3 is 2.46 bits per heavy atom. The minimum atomic E-state index is -3.38. The standard InChI is InChI=1S/C15H17N3O3S2.HI/c1-22-15(16)17-13-10-11(18-23(2,19)20)8-9-14(13)21-12-6-4-3-5-7-12;/h3-10,18H,1-2H3,(H2,16,17);1H. The predicted molar refractivity (Wildman–Crippen MR) is 112 cm³/mol. The van der Waals surface area contributed by atoms with Crippen molar-refractivity contribution in [1.29, 1.82) is 0 Å². The molecule has 0 heterocycles. The molecule has 0 spiro atoms. The molecular weight excluding hydrogens is 461 g/mol. The first-order valence-corrected chi connectivity index (χ1v) is 9.72. The Hall–Kier alpha value is -1.46. The number of benzene rings is 2. The number of nitrogens with one attached hydrogen (secondary N) is 1. The topological polar surface area (TPSA) is 93.8 Å². The van der Waals surface area contributed by atoms with Crippen LogP contribution < -0.4 is 15.2 Å². The lowest BCUT2D eigenvalue weighted by Gasteiger charge is -2.11. The number of para-hydroxylation sites is 1. The minimum absolute atomic E-state index is 0. The summed E-state index contributed by atoms with van der Waals surface area (Å²) in [6, 6.07) is 14.0. The van der Waals surface area contributed by atoms with E-state index in [9.17, 15) is 8.42 Å². The molecular formula is C15H18IN3O3S2. The molecule has 0 aliphatic rings. The van der Waals surface area contributed by atoms with Crippen molar-refractivity contribution in [2.45, 2.75) is 0 Å². The van der Waals surface area contributed by atoms with Crippen LogP contribution in [0.25, 0.3) is 0 Å². The number of aliphatic imine (C=N–C) groups is 1. The summed E-state index contributed by atoms with van der Waals surface area (Å²) in [7, 11) is -3.38. The van der Waals surface area contributed by atoms with Crippen LogP contribution in [-0.4, -0.2) is 26.1 Å². The molecule has 130 valence electrons. The fraction of sp³-hybridized carbons (Fsp3) is 0.133. The number of hydrogen-bond donors (Lipinski definition) is 2. The average molecular weight is 479 g/mol. The lowest BCUT2D eigenvalue weighted by atomic mass is 10.2. The maximum Gasteiger partial charge on any atom is 0.229 e. The van der Waals surface area contributed by atoms with Crippen molar-refractivity contribution in [1.82, 2.24) is 0 Å². The van der Waals surface area contributed by atoms with Crippen LogP contribution in [-0.2, 0) is 10.0 Å². The van der Waals surface area contributed by atoms with Gasteiger partial charge in [-0.2, -0.15) is 0 Å². The highest BCUT2D eigenvalue weighted by Gasteiger charge is 2.09. The zero-order valence-corrected chi connectivity index (χ0v) is 17.1. The van der Waals surface area contributed by atoms with E-state index >= 15 is 0 Å². The van der Waals surface area contributed by atoms with Crippen LogP contribution in [0.15, 0.2) is 53.5 Å². The second kappa shape index (κ2) is 9.14. The van der Waals surface area contributed by atoms with Crippen LogP contribution in [0.4, 0.5) is 11.4 Å². The molecule has 0 amide bonds. The van der Waals surface area contributed by atoms with E-state index in [1.165, 1.54) is 11.8 Å². The summed E-state index contributed by atoms with van der Waals surface area (Å²) in [5.74, 6) is 1.13. The van der Waals surface area contributed by atoms with Gasteiger partial charge in [-0.3, -0.25) is 4.72 Å². The van der Waals surface area contributed by atoms with Crippen molar-refractivity contribution >= 4 is 62.3 Å². The van der Waals surface area contributed by atoms with Crippen molar-refractivity contribution in [3.05, 3.63) is 48.5 Å². The molecule has 2 aromatic rings. The molecule has 0 aliphatic carbocycles. The molecule has 0 aromatic heterocycles. The second-order valence-corrected chi connectivity index (χ2v) is 7.20. The Kier molecular flexibility index (Phi) is 7.84. The van der Waals surface area contributed by atoms with E-state index in [1.807, 2.05) is 30.3 Å². The van der Waals surface area contributed by atoms with Crippen LogP contribution in [0.3, 0.4) is 0 Å². The van der Waals surface area contributed by atoms with Crippen molar-refractivity contribution in [3.63, 3.8) is 0 Å². The SMILES string of the molecule is CSC(N)=Nc1cc(NS(C)(=O)=O)ccc1Oc1ccccc1.I. The number of amidine groups is 1. The van der Waals surface area contributed by atoms with Gasteiger partial charge >= 0.3 is 0 Å². The summed E-state index contributed by atoms with van der Waals surface area (Å²) in [6.07, 6.45) is 2.88. The maximum absolute atomic E-state index is 11.4. The molecule has 9 heteroatoms. The lowest BCUT2D eigenvalue weighted by Crippen LogP contribution is -2.09. The fourth-order valence-electron chi connectivity index (χ4n) is 1.75. The zero-order chi connectivity index (χ0) is 16.9. The van der Waals surface area contributed by atoms with Crippen molar-refractivity contribution < 1.29 is 13.2 Å². The number of ether oxygens (including phenoxy) is 1. The van der Waals surface area contributed by atoms with Gasteiger partial charge in [0.15, 0.2) is 10.9 Å². The van der Waals surface area contributed by atoms with Gasteiger partial charge in [0.05, 0.1) is 11.9 Å². The van der Waals surface area contributed by atoms with Crippen LogP contribution in [0.1, 0.15) is 0 Å². The first kappa shape index (κ1) is 20.6. The van der Waals surface area contributed by atoms with Gasteiger partial charge in [-0.25, -0.2) is 13.4 Å². The van der Waals surface area contributed by atoms with Gasteiger partial charge < -0.3 is 10.5 Å². The molecule has 24 heavy (non-hydrogen) atoms. The van der Waals surface area contributed by atoms with Crippen LogP contribution in [0.5, 0.6) is 11.5 Å². The van der Waals surface area contributed by atoms with Gasteiger partial charge in [0.25, 0.3) is 0 Å². The average Bonchev–Trinajstić information content (AvgIpc) is 2.49. The van der Waals surface area contributed by atoms with E-state index in [0.29, 0.717) is 28.0 Å². The number of thioether (sulfide) groups is 1. The molecule has 0 saturated carbocycles. The Bertz CT molecular complexity index is 812. The minimum Gasteiger partial charge on any atom is -0.455 e. The molecule has 0 unspecified atom stereocenters. The van der Waals surface area contributed by atoms with Crippen LogP contribution in [0.2, 0.25) is 0 Å². The smallest absolute Gasteiger partial charge is 0.229 e. The zero-order valence-electron chi connectivity index (χ0n) is 13.1. The van der Waals surface area contributed by atoms with Crippen LogP contribution >= 0.6 is 35.7 Å². The molecule has 2 rings (SSSR count). The highest BCUT2D eigenvalue weighted by molar-refractivity contribution is 14.0. The normalized spacial score (nSPS) is 11.5. The van der Waals surface area contributed by atoms with Crippen molar-refractivity contribution in [2.24, 2.45) is 10.7 Å².